The van der Waals surface area contributed by atoms with Crippen LogP contribution in [0.1, 0.15) is 24.2 Å². The molecular formula is C18H18N2O2. The molecule has 1 amide bonds. The number of aliphatic hydroxyl groups excluding tert-OH is 1. The first-order valence-electron chi connectivity index (χ1n) is 6.97. The summed E-state index contributed by atoms with van der Waals surface area (Å²) in [5, 5.41) is 13.9. The molecule has 0 spiro atoms. The van der Waals surface area contributed by atoms with E-state index in [1.807, 2.05) is 42.5 Å². The maximum atomic E-state index is 11.8. The van der Waals surface area contributed by atoms with Crippen LogP contribution < -0.4 is 5.43 Å². The number of hydrazone groups is 1. The number of hydrogen-bond acceptors (Lipinski definition) is 3. The lowest BCUT2D eigenvalue weighted by atomic mass is 10.1. The minimum atomic E-state index is -1.23. The number of nitrogens with zero attached hydrogens (tertiary/aromatic N) is 1. The minimum absolute atomic E-state index is 0.535. The number of amides is 1. The minimum Gasteiger partial charge on any atom is -0.378 e. The molecule has 2 aromatic rings. The van der Waals surface area contributed by atoms with E-state index >= 15 is 0 Å². The van der Waals surface area contributed by atoms with Gasteiger partial charge in [-0.2, -0.15) is 5.10 Å². The van der Waals surface area contributed by atoms with Crippen molar-refractivity contribution in [2.75, 3.05) is 0 Å². The van der Waals surface area contributed by atoms with Crippen LogP contribution in [0.5, 0.6) is 0 Å². The average molecular weight is 294 g/mol. The molecule has 0 heterocycles. The summed E-state index contributed by atoms with van der Waals surface area (Å²) in [6.45, 7) is 1.77. The van der Waals surface area contributed by atoms with E-state index in [2.05, 4.69) is 10.5 Å². The van der Waals surface area contributed by atoms with Crippen molar-refractivity contribution in [2.45, 2.75) is 13.0 Å². The maximum absolute atomic E-state index is 11.8. The number of aliphatic hydroxyl groups is 1. The maximum Gasteiger partial charge on any atom is 0.273 e. The Kier molecular flexibility index (Phi) is 5.63. The van der Waals surface area contributed by atoms with Gasteiger partial charge in [0.1, 0.15) is 0 Å². The molecule has 0 radical (unpaired) electrons. The Hall–Kier alpha value is -2.72. The second-order valence-corrected chi connectivity index (χ2v) is 4.79. The fourth-order valence-electron chi connectivity index (χ4n) is 1.81. The van der Waals surface area contributed by atoms with Gasteiger partial charge >= 0.3 is 0 Å². The van der Waals surface area contributed by atoms with Crippen molar-refractivity contribution in [1.29, 1.82) is 0 Å². The SMILES string of the molecule is CC(/C=C/c1ccccc1)=N/NC(=O)[C@@H](O)c1ccccc1. The van der Waals surface area contributed by atoms with Crippen molar-refractivity contribution in [1.82, 2.24) is 5.43 Å². The second-order valence-electron chi connectivity index (χ2n) is 4.79. The van der Waals surface area contributed by atoms with Crippen LogP contribution in [0.25, 0.3) is 6.08 Å². The summed E-state index contributed by atoms with van der Waals surface area (Å²) >= 11 is 0. The molecule has 2 rings (SSSR count). The van der Waals surface area contributed by atoms with Gasteiger partial charge < -0.3 is 5.11 Å². The Bertz CT molecular complexity index is 664. The standard InChI is InChI=1S/C18H18N2O2/c1-14(12-13-15-8-4-2-5-9-15)19-20-18(22)17(21)16-10-6-3-7-11-16/h2-13,17,21H,1H3,(H,20,22)/b13-12+,19-14-/t17-/m0/s1. The summed E-state index contributed by atoms with van der Waals surface area (Å²) in [6, 6.07) is 18.5. The number of carbonyl (C=O) groups excluding carboxylic acids is 1. The molecule has 4 nitrogen and oxygen atoms in total. The summed E-state index contributed by atoms with van der Waals surface area (Å²) in [5.41, 5.74) is 4.58. The molecule has 0 aromatic heterocycles. The van der Waals surface area contributed by atoms with Crippen molar-refractivity contribution < 1.29 is 9.90 Å². The van der Waals surface area contributed by atoms with Crippen LogP contribution in [0.2, 0.25) is 0 Å². The van der Waals surface area contributed by atoms with E-state index in [0.29, 0.717) is 11.3 Å². The van der Waals surface area contributed by atoms with Crippen LogP contribution in [0, 0.1) is 0 Å². The molecule has 112 valence electrons. The van der Waals surface area contributed by atoms with E-state index in [1.54, 1.807) is 37.3 Å². The molecule has 22 heavy (non-hydrogen) atoms. The number of allylic oxidation sites excluding steroid dienone is 1. The van der Waals surface area contributed by atoms with Crippen molar-refractivity contribution in [3.63, 3.8) is 0 Å². The number of carbonyl (C=O) groups is 1. The lowest BCUT2D eigenvalue weighted by Gasteiger charge is -2.08. The van der Waals surface area contributed by atoms with Gasteiger partial charge in [0.05, 0.1) is 5.71 Å². The van der Waals surface area contributed by atoms with Crippen LogP contribution >= 0.6 is 0 Å². The highest BCUT2D eigenvalue weighted by molar-refractivity contribution is 5.97. The molecule has 0 saturated heterocycles. The Morgan fingerprint density at radius 3 is 2.32 bits per heavy atom. The first kappa shape index (κ1) is 15.7. The quantitative estimate of drug-likeness (QED) is 0.658. The van der Waals surface area contributed by atoms with Gasteiger partial charge in [0, 0.05) is 0 Å². The molecule has 0 aliphatic carbocycles. The monoisotopic (exact) mass is 294 g/mol. The van der Waals surface area contributed by atoms with Gasteiger partial charge in [0.25, 0.3) is 5.91 Å². The lowest BCUT2D eigenvalue weighted by Crippen LogP contribution is -2.25. The van der Waals surface area contributed by atoms with Crippen LogP contribution in [-0.4, -0.2) is 16.7 Å². The highest BCUT2D eigenvalue weighted by Crippen LogP contribution is 2.11. The smallest absolute Gasteiger partial charge is 0.273 e. The van der Waals surface area contributed by atoms with Crippen molar-refractivity contribution in [3.8, 4) is 0 Å². The zero-order valence-electron chi connectivity index (χ0n) is 12.3. The van der Waals surface area contributed by atoms with Gasteiger partial charge in [0.2, 0.25) is 0 Å². The van der Waals surface area contributed by atoms with E-state index in [9.17, 15) is 9.90 Å². The Balaban J connectivity index is 1.93. The molecular weight excluding hydrogens is 276 g/mol. The van der Waals surface area contributed by atoms with E-state index in [-0.39, 0.29) is 0 Å². The van der Waals surface area contributed by atoms with E-state index in [4.69, 9.17) is 0 Å². The molecule has 0 aliphatic rings. The third-order valence-corrected chi connectivity index (χ3v) is 3.02. The van der Waals surface area contributed by atoms with Gasteiger partial charge in [-0.1, -0.05) is 66.7 Å². The molecule has 4 heteroatoms. The highest BCUT2D eigenvalue weighted by Gasteiger charge is 2.15. The van der Waals surface area contributed by atoms with Crippen LogP contribution in [-0.2, 0) is 4.79 Å². The van der Waals surface area contributed by atoms with Crippen LogP contribution in [0.15, 0.2) is 71.8 Å². The van der Waals surface area contributed by atoms with Gasteiger partial charge in [-0.25, -0.2) is 5.43 Å². The second kappa shape index (κ2) is 7.90. The summed E-state index contributed by atoms with van der Waals surface area (Å²) in [5.74, 6) is -0.557. The molecule has 2 aromatic carbocycles. The zero-order valence-corrected chi connectivity index (χ0v) is 12.3. The summed E-state index contributed by atoms with van der Waals surface area (Å²) in [7, 11) is 0. The normalized spacial score (nSPS) is 13.1. The first-order chi connectivity index (χ1) is 10.7. The molecule has 0 bridgehead atoms. The first-order valence-corrected chi connectivity index (χ1v) is 6.97. The van der Waals surface area contributed by atoms with Crippen molar-refractivity contribution >= 4 is 17.7 Å². The molecule has 2 N–H and O–H groups in total. The van der Waals surface area contributed by atoms with Crippen LogP contribution in [0.3, 0.4) is 0 Å². The predicted octanol–water partition coefficient (Wildman–Crippen LogP) is 2.93. The molecule has 1 atom stereocenters. The molecule has 0 fully saturated rings. The largest absolute Gasteiger partial charge is 0.378 e. The summed E-state index contributed by atoms with van der Waals surface area (Å²) < 4.78 is 0. The van der Waals surface area contributed by atoms with Crippen LogP contribution in [0.4, 0.5) is 0 Å². The van der Waals surface area contributed by atoms with E-state index in [1.165, 1.54) is 0 Å². The molecule has 0 aliphatic heterocycles. The van der Waals surface area contributed by atoms with Gasteiger partial charge in [0.15, 0.2) is 6.10 Å². The van der Waals surface area contributed by atoms with E-state index < -0.39 is 12.0 Å². The summed E-state index contributed by atoms with van der Waals surface area (Å²) in [4.78, 5) is 11.8. The summed E-state index contributed by atoms with van der Waals surface area (Å²) in [6.07, 6.45) is 2.47. The number of rotatable bonds is 5. The topological polar surface area (TPSA) is 61.7 Å². The lowest BCUT2D eigenvalue weighted by molar-refractivity contribution is -0.129. The molecule has 0 unspecified atom stereocenters. The number of hydrogen-bond donors (Lipinski definition) is 2. The van der Waals surface area contributed by atoms with Gasteiger partial charge in [-0.3, -0.25) is 4.79 Å². The van der Waals surface area contributed by atoms with Gasteiger partial charge in [-0.15, -0.1) is 0 Å². The third kappa shape index (κ3) is 4.68. The van der Waals surface area contributed by atoms with Gasteiger partial charge in [-0.05, 0) is 24.1 Å². The Morgan fingerprint density at radius 2 is 1.68 bits per heavy atom. The fraction of sp³-hybridized carbons (Fsp3) is 0.111. The van der Waals surface area contributed by atoms with Crippen molar-refractivity contribution in [2.24, 2.45) is 5.10 Å². The van der Waals surface area contributed by atoms with E-state index in [0.717, 1.165) is 5.56 Å². The predicted molar refractivity (Wildman–Crippen MR) is 88.1 cm³/mol. The Labute approximate surface area is 129 Å². The number of nitrogens with one attached hydrogen (secondary N) is 1. The third-order valence-electron chi connectivity index (χ3n) is 3.02. The van der Waals surface area contributed by atoms with Crippen molar-refractivity contribution in [3.05, 3.63) is 77.9 Å². The fourth-order valence-corrected chi connectivity index (χ4v) is 1.81. The zero-order chi connectivity index (χ0) is 15.8. The average Bonchev–Trinajstić information content (AvgIpc) is 2.58. The number of benzene rings is 2. The Morgan fingerprint density at radius 1 is 1.09 bits per heavy atom. The molecule has 0 saturated carbocycles. The highest BCUT2D eigenvalue weighted by atomic mass is 16.3.